The molecule has 5 heteroatoms. The predicted molar refractivity (Wildman–Crippen MR) is 75.8 cm³/mol. The summed E-state index contributed by atoms with van der Waals surface area (Å²) in [5.74, 6) is 0.429. The molecule has 0 unspecified atom stereocenters. The molecule has 2 heterocycles. The highest BCUT2D eigenvalue weighted by Crippen LogP contribution is 2.19. The second kappa shape index (κ2) is 6.56. The van der Waals surface area contributed by atoms with Gasteiger partial charge < -0.3 is 5.32 Å². The fourth-order valence-corrected chi connectivity index (χ4v) is 2.87. The zero-order chi connectivity index (χ0) is 12.8. The first-order valence-electron chi connectivity index (χ1n) is 5.62. The summed E-state index contributed by atoms with van der Waals surface area (Å²) in [6.07, 6.45) is 1.73. The van der Waals surface area contributed by atoms with Crippen molar-refractivity contribution in [1.82, 2.24) is 10.3 Å². The maximum atomic E-state index is 11.8. The lowest BCUT2D eigenvalue weighted by Gasteiger charge is -2.11. The van der Waals surface area contributed by atoms with Crippen molar-refractivity contribution in [2.45, 2.75) is 18.0 Å². The van der Waals surface area contributed by atoms with Crippen molar-refractivity contribution in [1.29, 1.82) is 0 Å². The summed E-state index contributed by atoms with van der Waals surface area (Å²) in [7, 11) is 0. The molecule has 0 saturated carbocycles. The smallest absolute Gasteiger partial charge is 0.230 e. The first-order valence-corrected chi connectivity index (χ1v) is 7.49. The number of pyridine rings is 1. The van der Waals surface area contributed by atoms with Crippen LogP contribution in [0.3, 0.4) is 0 Å². The average molecular weight is 278 g/mol. The fourth-order valence-electron chi connectivity index (χ4n) is 1.46. The minimum atomic E-state index is 0.0338. The van der Waals surface area contributed by atoms with E-state index in [0.29, 0.717) is 5.75 Å². The Balaban J connectivity index is 1.79. The van der Waals surface area contributed by atoms with Crippen LogP contribution in [0.4, 0.5) is 0 Å². The summed E-state index contributed by atoms with van der Waals surface area (Å²) in [4.78, 5) is 17.1. The van der Waals surface area contributed by atoms with Crippen LogP contribution in [0.5, 0.6) is 0 Å². The minimum Gasteiger partial charge on any atom is -0.348 e. The summed E-state index contributed by atoms with van der Waals surface area (Å²) in [6.45, 7) is 2.00. The summed E-state index contributed by atoms with van der Waals surface area (Å²) in [6, 6.07) is 9.78. The first-order chi connectivity index (χ1) is 8.75. The molecule has 0 radical (unpaired) electrons. The normalized spacial score (nSPS) is 12.1. The van der Waals surface area contributed by atoms with Crippen molar-refractivity contribution in [3.63, 3.8) is 0 Å². The SMILES string of the molecule is C[C@H](NC(=O)CSc1ccccn1)c1cccs1. The minimum absolute atomic E-state index is 0.0338. The molecule has 0 spiro atoms. The Labute approximate surface area is 115 Å². The Hall–Kier alpha value is -1.33. The van der Waals surface area contributed by atoms with Crippen LogP contribution in [-0.2, 0) is 4.79 Å². The number of rotatable bonds is 5. The molecule has 18 heavy (non-hydrogen) atoms. The Morgan fingerprint density at radius 3 is 3.00 bits per heavy atom. The van der Waals surface area contributed by atoms with Gasteiger partial charge in [0.05, 0.1) is 16.8 Å². The number of carbonyl (C=O) groups excluding carboxylic acids is 1. The number of carbonyl (C=O) groups is 1. The van der Waals surface area contributed by atoms with Gasteiger partial charge in [0.25, 0.3) is 0 Å². The molecule has 0 saturated heterocycles. The maximum Gasteiger partial charge on any atom is 0.230 e. The van der Waals surface area contributed by atoms with Gasteiger partial charge in [-0.2, -0.15) is 0 Å². The van der Waals surface area contributed by atoms with Crippen molar-refractivity contribution in [3.05, 3.63) is 46.8 Å². The molecule has 2 aromatic rings. The van der Waals surface area contributed by atoms with E-state index in [1.165, 1.54) is 16.6 Å². The number of thiophene rings is 1. The molecule has 94 valence electrons. The predicted octanol–water partition coefficient (Wildman–Crippen LogP) is 3.11. The van der Waals surface area contributed by atoms with E-state index in [1.807, 2.05) is 42.6 Å². The number of hydrogen-bond donors (Lipinski definition) is 1. The van der Waals surface area contributed by atoms with Crippen molar-refractivity contribution in [3.8, 4) is 0 Å². The van der Waals surface area contributed by atoms with Crippen LogP contribution >= 0.6 is 23.1 Å². The van der Waals surface area contributed by atoms with Gasteiger partial charge in [-0.1, -0.05) is 23.9 Å². The highest BCUT2D eigenvalue weighted by atomic mass is 32.2. The second-order valence-electron chi connectivity index (χ2n) is 3.76. The number of nitrogens with zero attached hydrogens (tertiary/aromatic N) is 1. The van der Waals surface area contributed by atoms with Gasteiger partial charge in [-0.3, -0.25) is 4.79 Å². The molecule has 1 atom stereocenters. The quantitative estimate of drug-likeness (QED) is 0.854. The number of nitrogens with one attached hydrogen (secondary N) is 1. The van der Waals surface area contributed by atoms with Crippen molar-refractivity contribution in [2.75, 3.05) is 5.75 Å². The molecule has 0 aliphatic rings. The molecule has 2 aromatic heterocycles. The molecular weight excluding hydrogens is 264 g/mol. The lowest BCUT2D eigenvalue weighted by molar-refractivity contribution is -0.119. The molecule has 0 aliphatic carbocycles. The Bertz CT molecular complexity index is 485. The lowest BCUT2D eigenvalue weighted by Crippen LogP contribution is -2.27. The van der Waals surface area contributed by atoms with Crippen molar-refractivity contribution in [2.24, 2.45) is 0 Å². The average Bonchev–Trinajstić information content (AvgIpc) is 2.91. The fraction of sp³-hybridized carbons (Fsp3) is 0.231. The summed E-state index contributed by atoms with van der Waals surface area (Å²) >= 11 is 3.10. The zero-order valence-electron chi connectivity index (χ0n) is 10.00. The van der Waals surface area contributed by atoms with E-state index < -0.39 is 0 Å². The van der Waals surface area contributed by atoms with E-state index >= 15 is 0 Å². The van der Waals surface area contributed by atoms with Crippen LogP contribution in [0.15, 0.2) is 46.9 Å². The standard InChI is InChI=1S/C13H14N2OS2/c1-10(11-5-4-8-17-11)15-12(16)9-18-13-6-2-3-7-14-13/h2-8,10H,9H2,1H3,(H,15,16)/t10-/m0/s1. The van der Waals surface area contributed by atoms with E-state index in [9.17, 15) is 4.79 Å². The summed E-state index contributed by atoms with van der Waals surface area (Å²) in [5.41, 5.74) is 0. The van der Waals surface area contributed by atoms with Gasteiger partial charge in [0.2, 0.25) is 5.91 Å². The molecule has 0 aromatic carbocycles. The van der Waals surface area contributed by atoms with Gasteiger partial charge in [0, 0.05) is 11.1 Å². The highest BCUT2D eigenvalue weighted by molar-refractivity contribution is 7.99. The third-order valence-electron chi connectivity index (χ3n) is 2.34. The zero-order valence-corrected chi connectivity index (χ0v) is 11.6. The Morgan fingerprint density at radius 2 is 2.33 bits per heavy atom. The van der Waals surface area contributed by atoms with E-state index in [-0.39, 0.29) is 11.9 Å². The van der Waals surface area contributed by atoms with Gasteiger partial charge in [-0.15, -0.1) is 11.3 Å². The van der Waals surface area contributed by atoms with E-state index in [1.54, 1.807) is 17.5 Å². The Morgan fingerprint density at radius 1 is 1.44 bits per heavy atom. The summed E-state index contributed by atoms with van der Waals surface area (Å²) < 4.78 is 0. The van der Waals surface area contributed by atoms with Gasteiger partial charge in [0.15, 0.2) is 0 Å². The molecule has 3 nitrogen and oxygen atoms in total. The maximum absolute atomic E-state index is 11.8. The molecule has 1 amide bonds. The monoisotopic (exact) mass is 278 g/mol. The van der Waals surface area contributed by atoms with E-state index in [0.717, 1.165) is 5.03 Å². The molecule has 1 N–H and O–H groups in total. The van der Waals surface area contributed by atoms with E-state index in [4.69, 9.17) is 0 Å². The van der Waals surface area contributed by atoms with Crippen LogP contribution in [0.2, 0.25) is 0 Å². The number of amides is 1. The highest BCUT2D eigenvalue weighted by Gasteiger charge is 2.10. The second-order valence-corrected chi connectivity index (χ2v) is 5.74. The van der Waals surface area contributed by atoms with Crippen LogP contribution in [0, 0.1) is 0 Å². The largest absolute Gasteiger partial charge is 0.348 e. The molecule has 0 bridgehead atoms. The molecule has 0 fully saturated rings. The van der Waals surface area contributed by atoms with Gasteiger partial charge >= 0.3 is 0 Å². The number of aromatic nitrogens is 1. The van der Waals surface area contributed by atoms with Crippen molar-refractivity contribution < 1.29 is 4.79 Å². The lowest BCUT2D eigenvalue weighted by atomic mass is 10.3. The van der Waals surface area contributed by atoms with Crippen LogP contribution in [-0.4, -0.2) is 16.6 Å². The van der Waals surface area contributed by atoms with Gasteiger partial charge in [0.1, 0.15) is 0 Å². The van der Waals surface area contributed by atoms with Crippen LogP contribution in [0.1, 0.15) is 17.8 Å². The van der Waals surface area contributed by atoms with Crippen LogP contribution < -0.4 is 5.32 Å². The molecular formula is C13H14N2OS2. The molecule has 2 rings (SSSR count). The van der Waals surface area contributed by atoms with Gasteiger partial charge in [-0.05, 0) is 30.5 Å². The van der Waals surface area contributed by atoms with Gasteiger partial charge in [-0.25, -0.2) is 4.98 Å². The third kappa shape index (κ3) is 3.85. The summed E-state index contributed by atoms with van der Waals surface area (Å²) in [5, 5.41) is 5.86. The van der Waals surface area contributed by atoms with E-state index in [2.05, 4.69) is 10.3 Å². The Kier molecular flexibility index (Phi) is 4.78. The number of hydrogen-bond acceptors (Lipinski definition) is 4. The third-order valence-corrected chi connectivity index (χ3v) is 4.34. The van der Waals surface area contributed by atoms with Crippen LogP contribution in [0.25, 0.3) is 0 Å². The topological polar surface area (TPSA) is 42.0 Å². The molecule has 0 aliphatic heterocycles. The number of thioether (sulfide) groups is 1. The first kappa shape index (κ1) is 13.1. The van der Waals surface area contributed by atoms with Crippen molar-refractivity contribution >= 4 is 29.0 Å².